The Morgan fingerprint density at radius 1 is 1.53 bits per heavy atom. The number of nitrogens with two attached hydrogens (primary N) is 1. The highest BCUT2D eigenvalue weighted by Gasteiger charge is 2.24. The summed E-state index contributed by atoms with van der Waals surface area (Å²) in [7, 11) is 0.467. The molecule has 2 N–H and O–H groups in total. The summed E-state index contributed by atoms with van der Waals surface area (Å²) < 4.78 is 23.0. The topological polar surface area (TPSA) is 61.5 Å². The van der Waals surface area contributed by atoms with Crippen LogP contribution in [0, 0.1) is 0 Å². The molecule has 5 heteroatoms. The molecule has 2 rings (SSSR count). The zero-order chi connectivity index (χ0) is 12.3. The summed E-state index contributed by atoms with van der Waals surface area (Å²) in [4.78, 5) is 0.706. The van der Waals surface area contributed by atoms with E-state index in [0.717, 1.165) is 19.4 Å². The zero-order valence-electron chi connectivity index (χ0n) is 9.85. The fourth-order valence-electron chi connectivity index (χ4n) is 1.91. The zero-order valence-corrected chi connectivity index (χ0v) is 10.7. The first-order valence-electron chi connectivity index (χ1n) is 5.64. The number of rotatable bonds is 3. The molecule has 4 nitrogen and oxygen atoms in total. The standard InChI is InChI=1S/C12H17NO3S/c1-15-11-7-9(13)4-5-12(11)17(14)10-3-2-6-16-8-10/h4-5,7,10H,2-3,6,8,13H2,1H3. The molecule has 94 valence electrons. The van der Waals surface area contributed by atoms with Crippen LogP contribution in [0.1, 0.15) is 12.8 Å². The maximum Gasteiger partial charge on any atom is 0.137 e. The van der Waals surface area contributed by atoms with E-state index in [1.165, 1.54) is 0 Å². The van der Waals surface area contributed by atoms with Crippen molar-refractivity contribution in [2.45, 2.75) is 23.0 Å². The van der Waals surface area contributed by atoms with Crippen LogP contribution >= 0.6 is 0 Å². The third kappa shape index (κ3) is 2.79. The Balaban J connectivity index is 2.23. The predicted molar refractivity (Wildman–Crippen MR) is 67.7 cm³/mol. The molecule has 0 amide bonds. The average molecular weight is 255 g/mol. The Labute approximate surface area is 104 Å². The highest BCUT2D eigenvalue weighted by atomic mass is 32.2. The van der Waals surface area contributed by atoms with Crippen molar-refractivity contribution in [2.24, 2.45) is 0 Å². The minimum absolute atomic E-state index is 0.0567. The molecule has 1 aliphatic heterocycles. The van der Waals surface area contributed by atoms with E-state index in [-0.39, 0.29) is 5.25 Å². The van der Waals surface area contributed by atoms with Crippen LogP contribution in [-0.4, -0.2) is 29.8 Å². The summed E-state index contributed by atoms with van der Waals surface area (Å²) in [6, 6.07) is 5.23. The monoisotopic (exact) mass is 255 g/mol. The van der Waals surface area contributed by atoms with Crippen molar-refractivity contribution in [1.82, 2.24) is 0 Å². The van der Waals surface area contributed by atoms with Crippen LogP contribution in [0.15, 0.2) is 23.1 Å². The fourth-order valence-corrected chi connectivity index (χ4v) is 3.41. The molecule has 1 heterocycles. The lowest BCUT2D eigenvalue weighted by Gasteiger charge is -2.22. The molecule has 0 saturated carbocycles. The molecule has 2 atom stereocenters. The molecular formula is C12H17NO3S. The lowest BCUT2D eigenvalue weighted by atomic mass is 10.2. The summed E-state index contributed by atoms with van der Waals surface area (Å²) in [6.07, 6.45) is 1.90. The van der Waals surface area contributed by atoms with Crippen LogP contribution in [0.3, 0.4) is 0 Å². The summed E-state index contributed by atoms with van der Waals surface area (Å²) in [5, 5.41) is 0.0567. The first-order valence-corrected chi connectivity index (χ1v) is 6.85. The summed E-state index contributed by atoms with van der Waals surface area (Å²) in [6.45, 7) is 1.33. The average Bonchev–Trinajstić information content (AvgIpc) is 2.39. The Morgan fingerprint density at radius 2 is 2.35 bits per heavy atom. The minimum atomic E-state index is -1.10. The molecule has 0 bridgehead atoms. The molecular weight excluding hydrogens is 238 g/mol. The van der Waals surface area contributed by atoms with E-state index >= 15 is 0 Å². The van der Waals surface area contributed by atoms with Gasteiger partial charge in [0, 0.05) is 18.4 Å². The van der Waals surface area contributed by atoms with Gasteiger partial charge in [0.05, 0.1) is 34.7 Å². The second kappa shape index (κ2) is 5.51. The van der Waals surface area contributed by atoms with Gasteiger partial charge >= 0.3 is 0 Å². The van der Waals surface area contributed by atoms with Gasteiger partial charge in [-0.2, -0.15) is 0 Å². The van der Waals surface area contributed by atoms with Crippen molar-refractivity contribution in [3.8, 4) is 5.75 Å². The van der Waals surface area contributed by atoms with Crippen LogP contribution in [-0.2, 0) is 15.5 Å². The molecule has 0 spiro atoms. The van der Waals surface area contributed by atoms with Gasteiger partial charge in [-0.1, -0.05) is 0 Å². The second-order valence-corrected chi connectivity index (χ2v) is 5.75. The Kier molecular flexibility index (Phi) is 4.02. The molecule has 1 aromatic carbocycles. The van der Waals surface area contributed by atoms with Gasteiger partial charge < -0.3 is 15.2 Å². The Morgan fingerprint density at radius 3 is 3.00 bits per heavy atom. The first kappa shape index (κ1) is 12.4. The summed E-state index contributed by atoms with van der Waals surface area (Å²) in [5.41, 5.74) is 6.29. The van der Waals surface area contributed by atoms with Crippen molar-refractivity contribution in [3.05, 3.63) is 18.2 Å². The molecule has 0 radical (unpaired) electrons. The SMILES string of the molecule is COc1cc(N)ccc1S(=O)C1CCCOC1. The molecule has 0 aliphatic carbocycles. The van der Waals surface area contributed by atoms with Gasteiger partial charge in [0.15, 0.2) is 0 Å². The van der Waals surface area contributed by atoms with Crippen molar-refractivity contribution < 1.29 is 13.7 Å². The van der Waals surface area contributed by atoms with Gasteiger partial charge in [0.1, 0.15) is 5.75 Å². The van der Waals surface area contributed by atoms with Crippen LogP contribution in [0.25, 0.3) is 0 Å². The van der Waals surface area contributed by atoms with Gasteiger partial charge in [0.25, 0.3) is 0 Å². The number of anilines is 1. The largest absolute Gasteiger partial charge is 0.495 e. The number of methoxy groups -OCH3 is 1. The van der Waals surface area contributed by atoms with E-state index in [4.69, 9.17) is 15.2 Å². The number of ether oxygens (including phenoxy) is 2. The van der Waals surface area contributed by atoms with Crippen molar-refractivity contribution in [1.29, 1.82) is 0 Å². The molecule has 1 saturated heterocycles. The smallest absolute Gasteiger partial charge is 0.137 e. The Hall–Kier alpha value is -1.07. The van der Waals surface area contributed by atoms with Crippen LogP contribution < -0.4 is 10.5 Å². The highest BCUT2D eigenvalue weighted by Crippen LogP contribution is 2.28. The predicted octanol–water partition coefficient (Wildman–Crippen LogP) is 1.56. The quantitative estimate of drug-likeness (QED) is 0.833. The number of hydrogen-bond donors (Lipinski definition) is 1. The van der Waals surface area contributed by atoms with Crippen LogP contribution in [0.4, 0.5) is 5.69 Å². The van der Waals surface area contributed by atoms with E-state index in [1.807, 2.05) is 0 Å². The van der Waals surface area contributed by atoms with Crippen molar-refractivity contribution in [3.63, 3.8) is 0 Å². The molecule has 1 aromatic rings. The van der Waals surface area contributed by atoms with Gasteiger partial charge in [-0.3, -0.25) is 4.21 Å². The molecule has 0 aromatic heterocycles. The summed E-state index contributed by atoms with van der Waals surface area (Å²) in [5.74, 6) is 0.592. The van der Waals surface area contributed by atoms with Gasteiger partial charge in [-0.25, -0.2) is 0 Å². The van der Waals surface area contributed by atoms with Gasteiger partial charge in [-0.15, -0.1) is 0 Å². The third-order valence-electron chi connectivity index (χ3n) is 2.83. The highest BCUT2D eigenvalue weighted by molar-refractivity contribution is 7.85. The minimum Gasteiger partial charge on any atom is -0.495 e. The van der Waals surface area contributed by atoms with Crippen molar-refractivity contribution in [2.75, 3.05) is 26.1 Å². The normalized spacial score (nSPS) is 22.1. The van der Waals surface area contributed by atoms with E-state index in [0.29, 0.717) is 22.9 Å². The second-order valence-electron chi connectivity index (χ2n) is 4.05. The molecule has 2 unspecified atom stereocenters. The molecule has 1 aliphatic rings. The number of benzene rings is 1. The maximum absolute atomic E-state index is 12.4. The van der Waals surface area contributed by atoms with E-state index in [2.05, 4.69) is 0 Å². The lowest BCUT2D eigenvalue weighted by molar-refractivity contribution is 0.100. The van der Waals surface area contributed by atoms with Crippen molar-refractivity contribution >= 4 is 16.5 Å². The number of nitrogen functional groups attached to an aromatic ring is 1. The number of hydrogen-bond acceptors (Lipinski definition) is 4. The van der Waals surface area contributed by atoms with Crippen LogP contribution in [0.2, 0.25) is 0 Å². The fraction of sp³-hybridized carbons (Fsp3) is 0.500. The van der Waals surface area contributed by atoms with Gasteiger partial charge in [-0.05, 0) is 25.0 Å². The lowest BCUT2D eigenvalue weighted by Crippen LogP contribution is -2.27. The molecule has 17 heavy (non-hydrogen) atoms. The first-order chi connectivity index (χ1) is 8.22. The van der Waals surface area contributed by atoms with Crippen LogP contribution in [0.5, 0.6) is 5.75 Å². The third-order valence-corrected chi connectivity index (χ3v) is 4.57. The Bertz CT molecular complexity index is 416. The van der Waals surface area contributed by atoms with Gasteiger partial charge in [0.2, 0.25) is 0 Å². The molecule has 1 fully saturated rings. The van der Waals surface area contributed by atoms with E-state index < -0.39 is 10.8 Å². The maximum atomic E-state index is 12.4. The van der Waals surface area contributed by atoms with E-state index in [9.17, 15) is 4.21 Å². The summed E-state index contributed by atoms with van der Waals surface area (Å²) >= 11 is 0. The van der Waals surface area contributed by atoms with E-state index in [1.54, 1.807) is 25.3 Å².